The lowest BCUT2D eigenvalue weighted by molar-refractivity contribution is 0.721. The maximum atomic E-state index is 6.30. The molecule has 0 fully saturated rings. The molecule has 0 amide bonds. The van der Waals surface area contributed by atoms with E-state index in [1.54, 1.807) is 11.3 Å². The highest BCUT2D eigenvalue weighted by atomic mass is 79.9. The fourth-order valence-corrected chi connectivity index (χ4v) is 5.16. The molecule has 96 valence electrons. The molecule has 1 heterocycles. The first-order valence-electron chi connectivity index (χ1n) is 5.73. The molecule has 2 aromatic rings. The zero-order chi connectivity index (χ0) is 13.3. The molecule has 4 heteroatoms. The van der Waals surface area contributed by atoms with Crippen LogP contribution in [0, 0.1) is 13.8 Å². The minimum absolute atomic E-state index is 0.0307. The van der Waals surface area contributed by atoms with Gasteiger partial charge in [-0.25, -0.2) is 0 Å². The third-order valence-electron chi connectivity index (χ3n) is 2.82. The number of hydrogen-bond acceptors (Lipinski definition) is 2. The second-order valence-electron chi connectivity index (χ2n) is 4.59. The SMILES string of the molecule is Cc1cc(C)cc(CC(N)c2cc(Br)sc2Br)c1. The molecule has 18 heavy (non-hydrogen) atoms. The number of aryl methyl sites for hydroxylation is 2. The van der Waals surface area contributed by atoms with Gasteiger partial charge in [0.05, 0.1) is 7.57 Å². The van der Waals surface area contributed by atoms with E-state index in [-0.39, 0.29) is 6.04 Å². The van der Waals surface area contributed by atoms with Gasteiger partial charge in [-0.3, -0.25) is 0 Å². The Kier molecular flexibility index (Phi) is 4.64. The van der Waals surface area contributed by atoms with Crippen LogP contribution in [-0.4, -0.2) is 0 Å². The molecule has 0 aliphatic rings. The van der Waals surface area contributed by atoms with E-state index in [4.69, 9.17) is 5.73 Å². The molecule has 0 bridgehead atoms. The molecule has 2 N–H and O–H groups in total. The number of hydrogen-bond donors (Lipinski definition) is 1. The standard InChI is InChI=1S/C14H15Br2NS/c1-8-3-9(2)5-10(4-8)6-12(17)11-7-13(15)18-14(11)16/h3-5,7,12H,6,17H2,1-2H3. The van der Waals surface area contributed by atoms with Gasteiger partial charge in [-0.1, -0.05) is 29.3 Å². The summed E-state index contributed by atoms with van der Waals surface area (Å²) in [6, 6.07) is 8.74. The Morgan fingerprint density at radius 2 is 1.72 bits per heavy atom. The predicted molar refractivity (Wildman–Crippen MR) is 86.3 cm³/mol. The first kappa shape index (κ1) is 14.3. The van der Waals surface area contributed by atoms with Crippen molar-refractivity contribution in [2.24, 2.45) is 5.73 Å². The normalized spacial score (nSPS) is 12.7. The van der Waals surface area contributed by atoms with E-state index < -0.39 is 0 Å². The lowest BCUT2D eigenvalue weighted by Gasteiger charge is -2.12. The van der Waals surface area contributed by atoms with Crippen molar-refractivity contribution in [3.63, 3.8) is 0 Å². The van der Waals surface area contributed by atoms with Crippen molar-refractivity contribution in [3.8, 4) is 0 Å². The van der Waals surface area contributed by atoms with Crippen molar-refractivity contribution in [2.45, 2.75) is 26.3 Å². The van der Waals surface area contributed by atoms with Crippen LogP contribution in [-0.2, 0) is 6.42 Å². The van der Waals surface area contributed by atoms with E-state index >= 15 is 0 Å². The summed E-state index contributed by atoms with van der Waals surface area (Å²) in [6.45, 7) is 4.25. The summed E-state index contributed by atoms with van der Waals surface area (Å²) in [6.07, 6.45) is 0.865. The Balaban J connectivity index is 2.20. The van der Waals surface area contributed by atoms with Gasteiger partial charge in [0.15, 0.2) is 0 Å². The Morgan fingerprint density at radius 3 is 2.22 bits per heavy atom. The fourth-order valence-electron chi connectivity index (χ4n) is 2.16. The smallest absolute Gasteiger partial charge is 0.0758 e. The molecule has 0 aliphatic carbocycles. The van der Waals surface area contributed by atoms with Crippen molar-refractivity contribution >= 4 is 43.2 Å². The molecule has 0 radical (unpaired) electrons. The highest BCUT2D eigenvalue weighted by molar-refractivity contribution is 9.12. The molecular formula is C14H15Br2NS. The van der Waals surface area contributed by atoms with Crippen molar-refractivity contribution < 1.29 is 0 Å². The van der Waals surface area contributed by atoms with Crippen molar-refractivity contribution in [2.75, 3.05) is 0 Å². The average Bonchev–Trinajstić information content (AvgIpc) is 2.56. The molecule has 0 saturated carbocycles. The van der Waals surface area contributed by atoms with Crippen molar-refractivity contribution in [1.29, 1.82) is 0 Å². The number of benzene rings is 1. The Morgan fingerprint density at radius 1 is 1.11 bits per heavy atom. The molecule has 0 saturated heterocycles. The van der Waals surface area contributed by atoms with Crippen LogP contribution in [0.4, 0.5) is 0 Å². The van der Waals surface area contributed by atoms with Crippen LogP contribution in [0.1, 0.15) is 28.3 Å². The Labute approximate surface area is 129 Å². The summed E-state index contributed by atoms with van der Waals surface area (Å²) >= 11 is 8.73. The molecule has 2 rings (SSSR count). The summed E-state index contributed by atoms with van der Waals surface area (Å²) in [4.78, 5) is 0. The van der Waals surface area contributed by atoms with Gasteiger partial charge in [0.2, 0.25) is 0 Å². The minimum Gasteiger partial charge on any atom is -0.324 e. The van der Waals surface area contributed by atoms with Crippen LogP contribution >= 0.6 is 43.2 Å². The first-order valence-corrected chi connectivity index (χ1v) is 8.13. The molecule has 1 aromatic heterocycles. The lowest BCUT2D eigenvalue weighted by Crippen LogP contribution is -2.13. The summed E-state index contributed by atoms with van der Waals surface area (Å²) < 4.78 is 2.23. The Bertz CT molecular complexity index is 543. The van der Waals surface area contributed by atoms with Crippen molar-refractivity contribution in [1.82, 2.24) is 0 Å². The maximum absolute atomic E-state index is 6.30. The Hall–Kier alpha value is -0.160. The molecule has 1 unspecified atom stereocenters. The average molecular weight is 389 g/mol. The van der Waals surface area contributed by atoms with Gasteiger partial charge in [0, 0.05) is 6.04 Å². The van der Waals surface area contributed by atoms with E-state index in [0.29, 0.717) is 0 Å². The topological polar surface area (TPSA) is 26.0 Å². The van der Waals surface area contributed by atoms with E-state index in [2.05, 4.69) is 70.0 Å². The van der Waals surface area contributed by atoms with Crippen LogP contribution in [0.5, 0.6) is 0 Å². The van der Waals surface area contributed by atoms with E-state index in [1.165, 1.54) is 22.3 Å². The second-order valence-corrected chi connectivity index (χ2v) is 8.34. The number of thiophene rings is 1. The predicted octanol–water partition coefficient (Wildman–Crippen LogP) is 5.13. The van der Waals surface area contributed by atoms with Gasteiger partial charge in [0.25, 0.3) is 0 Å². The first-order chi connectivity index (χ1) is 8.45. The van der Waals surface area contributed by atoms with Gasteiger partial charge in [0.1, 0.15) is 0 Å². The van der Waals surface area contributed by atoms with Gasteiger partial charge in [-0.15, -0.1) is 11.3 Å². The zero-order valence-electron chi connectivity index (χ0n) is 10.3. The van der Waals surface area contributed by atoms with Gasteiger partial charge in [-0.2, -0.15) is 0 Å². The van der Waals surface area contributed by atoms with E-state index in [9.17, 15) is 0 Å². The number of rotatable bonds is 3. The summed E-state index contributed by atoms with van der Waals surface area (Å²) in [5.74, 6) is 0. The van der Waals surface area contributed by atoms with Crippen molar-refractivity contribution in [3.05, 3.63) is 54.1 Å². The highest BCUT2D eigenvalue weighted by Crippen LogP contribution is 2.35. The maximum Gasteiger partial charge on any atom is 0.0758 e. The van der Waals surface area contributed by atoms with Crippen LogP contribution in [0.2, 0.25) is 0 Å². The van der Waals surface area contributed by atoms with Crippen LogP contribution in [0.25, 0.3) is 0 Å². The summed E-state index contributed by atoms with van der Waals surface area (Å²) in [5.41, 5.74) is 11.4. The van der Waals surface area contributed by atoms with Crippen LogP contribution in [0.3, 0.4) is 0 Å². The van der Waals surface area contributed by atoms with Gasteiger partial charge >= 0.3 is 0 Å². The minimum atomic E-state index is 0.0307. The quantitative estimate of drug-likeness (QED) is 0.774. The highest BCUT2D eigenvalue weighted by Gasteiger charge is 2.14. The molecule has 1 aromatic carbocycles. The monoisotopic (exact) mass is 387 g/mol. The second kappa shape index (κ2) is 5.87. The van der Waals surface area contributed by atoms with E-state index in [0.717, 1.165) is 14.0 Å². The largest absolute Gasteiger partial charge is 0.324 e. The molecule has 0 spiro atoms. The third kappa shape index (κ3) is 3.44. The van der Waals surface area contributed by atoms with Crippen LogP contribution < -0.4 is 5.73 Å². The number of nitrogens with two attached hydrogens (primary N) is 1. The molecule has 1 nitrogen and oxygen atoms in total. The zero-order valence-corrected chi connectivity index (χ0v) is 14.3. The molecule has 0 aliphatic heterocycles. The van der Waals surface area contributed by atoms with Gasteiger partial charge in [-0.05, 0) is 69.3 Å². The van der Waals surface area contributed by atoms with E-state index in [1.807, 2.05) is 0 Å². The third-order valence-corrected chi connectivity index (χ3v) is 5.21. The van der Waals surface area contributed by atoms with Gasteiger partial charge < -0.3 is 5.73 Å². The van der Waals surface area contributed by atoms with Crippen LogP contribution in [0.15, 0.2) is 31.8 Å². The number of halogens is 2. The fraction of sp³-hybridized carbons (Fsp3) is 0.286. The molecular weight excluding hydrogens is 374 g/mol. The lowest BCUT2D eigenvalue weighted by atomic mass is 9.99. The summed E-state index contributed by atoms with van der Waals surface area (Å²) in [5, 5.41) is 0. The molecule has 1 atom stereocenters. The summed E-state index contributed by atoms with van der Waals surface area (Å²) in [7, 11) is 0.